The maximum absolute atomic E-state index is 4.84. The van der Waals surface area contributed by atoms with Crippen LogP contribution in [0.3, 0.4) is 0 Å². The number of nitrogens with zero attached hydrogens (tertiary/aromatic N) is 1. The van der Waals surface area contributed by atoms with Gasteiger partial charge in [0.15, 0.2) is 0 Å². The van der Waals surface area contributed by atoms with E-state index in [1.54, 1.807) is 0 Å². The molecule has 26 heavy (non-hydrogen) atoms. The summed E-state index contributed by atoms with van der Waals surface area (Å²) >= 11 is 0. The van der Waals surface area contributed by atoms with Crippen molar-refractivity contribution < 1.29 is 0 Å². The number of hydrogen-bond acceptors (Lipinski definition) is 2. The molecule has 0 amide bonds. The van der Waals surface area contributed by atoms with Crippen molar-refractivity contribution in [2.24, 2.45) is 4.99 Å². The summed E-state index contributed by atoms with van der Waals surface area (Å²) in [7, 11) is 0. The first kappa shape index (κ1) is 17.9. The predicted octanol–water partition coefficient (Wildman–Crippen LogP) is 6.18. The second-order valence-electron chi connectivity index (χ2n) is 6.70. The van der Waals surface area contributed by atoms with Crippen LogP contribution >= 0.6 is 0 Å². The number of allylic oxidation sites excluding steroid dienone is 6. The molecule has 1 aliphatic rings. The van der Waals surface area contributed by atoms with Gasteiger partial charge in [0.25, 0.3) is 0 Å². The maximum atomic E-state index is 4.84. The largest absolute Gasteiger partial charge is 0.382 e. The van der Waals surface area contributed by atoms with E-state index in [9.17, 15) is 0 Å². The standard InChI is InChI=1S/C24H26N2/c1-4-21-12-8-9-13-24(21)26-23-15-14-22(16-18(23)2)25-19(3)17-20-10-6-5-7-11-20/h4-16,19,25H,17H2,1-3H3/b21-4-,26-24?. The molecule has 0 aliphatic heterocycles. The summed E-state index contributed by atoms with van der Waals surface area (Å²) in [5.74, 6) is 0. The first-order valence-corrected chi connectivity index (χ1v) is 9.17. The van der Waals surface area contributed by atoms with Crippen LogP contribution in [0.25, 0.3) is 0 Å². The fraction of sp³-hybridized carbons (Fsp3) is 0.208. The summed E-state index contributed by atoms with van der Waals surface area (Å²) in [5.41, 5.74) is 6.85. The Balaban J connectivity index is 1.71. The van der Waals surface area contributed by atoms with Crippen molar-refractivity contribution >= 4 is 17.1 Å². The molecule has 0 radical (unpaired) electrons. The van der Waals surface area contributed by atoms with Crippen molar-refractivity contribution in [1.82, 2.24) is 0 Å². The van der Waals surface area contributed by atoms with Crippen molar-refractivity contribution in [3.63, 3.8) is 0 Å². The van der Waals surface area contributed by atoms with Crippen LogP contribution in [0.4, 0.5) is 11.4 Å². The van der Waals surface area contributed by atoms with E-state index < -0.39 is 0 Å². The van der Waals surface area contributed by atoms with Gasteiger partial charge >= 0.3 is 0 Å². The maximum Gasteiger partial charge on any atom is 0.0706 e. The van der Waals surface area contributed by atoms with Gasteiger partial charge in [-0.2, -0.15) is 0 Å². The number of aryl methyl sites for hydroxylation is 1. The summed E-state index contributed by atoms with van der Waals surface area (Å²) < 4.78 is 0. The Bertz CT molecular complexity index is 870. The van der Waals surface area contributed by atoms with Gasteiger partial charge in [-0.05, 0) is 68.2 Å². The predicted molar refractivity (Wildman–Crippen MR) is 114 cm³/mol. The summed E-state index contributed by atoms with van der Waals surface area (Å²) in [5, 5.41) is 3.60. The van der Waals surface area contributed by atoms with Gasteiger partial charge in [0, 0.05) is 11.7 Å². The van der Waals surface area contributed by atoms with E-state index in [2.05, 4.69) is 85.9 Å². The Hall–Kier alpha value is -2.87. The molecule has 0 aromatic heterocycles. The van der Waals surface area contributed by atoms with Crippen molar-refractivity contribution in [3.8, 4) is 0 Å². The fourth-order valence-corrected chi connectivity index (χ4v) is 3.14. The Labute approximate surface area is 156 Å². The molecule has 3 rings (SSSR count). The second-order valence-corrected chi connectivity index (χ2v) is 6.70. The number of benzene rings is 2. The van der Waals surface area contributed by atoms with Crippen molar-refractivity contribution in [1.29, 1.82) is 0 Å². The second kappa shape index (κ2) is 8.48. The van der Waals surface area contributed by atoms with Crippen LogP contribution in [0.2, 0.25) is 0 Å². The SMILES string of the molecule is C/C=C1/C=CC=CC1=Nc1ccc(NC(C)Cc2ccccc2)cc1C. The topological polar surface area (TPSA) is 24.4 Å². The monoisotopic (exact) mass is 342 g/mol. The first-order valence-electron chi connectivity index (χ1n) is 9.17. The highest BCUT2D eigenvalue weighted by molar-refractivity contribution is 6.12. The van der Waals surface area contributed by atoms with E-state index in [0.29, 0.717) is 6.04 Å². The molecule has 2 aromatic carbocycles. The third-order valence-corrected chi connectivity index (χ3v) is 4.48. The zero-order valence-electron chi connectivity index (χ0n) is 15.7. The molecular weight excluding hydrogens is 316 g/mol. The lowest BCUT2D eigenvalue weighted by Gasteiger charge is -2.16. The molecule has 1 N–H and O–H groups in total. The van der Waals surface area contributed by atoms with Crippen molar-refractivity contribution in [3.05, 3.63) is 95.6 Å². The number of anilines is 1. The highest BCUT2D eigenvalue weighted by atomic mass is 14.9. The smallest absolute Gasteiger partial charge is 0.0706 e. The molecule has 0 heterocycles. The summed E-state index contributed by atoms with van der Waals surface area (Å²) in [4.78, 5) is 4.84. The molecule has 2 aromatic rings. The van der Waals surface area contributed by atoms with Crippen LogP contribution in [-0.4, -0.2) is 11.8 Å². The van der Waals surface area contributed by atoms with Gasteiger partial charge in [0.1, 0.15) is 0 Å². The third-order valence-electron chi connectivity index (χ3n) is 4.48. The number of rotatable bonds is 5. The lowest BCUT2D eigenvalue weighted by molar-refractivity contribution is 0.790. The third kappa shape index (κ3) is 4.60. The normalized spacial score (nSPS) is 17.7. The molecule has 132 valence electrons. The van der Waals surface area contributed by atoms with Gasteiger partial charge in [0.05, 0.1) is 11.4 Å². The zero-order chi connectivity index (χ0) is 18.4. The van der Waals surface area contributed by atoms with E-state index >= 15 is 0 Å². The fourth-order valence-electron chi connectivity index (χ4n) is 3.14. The minimum absolute atomic E-state index is 0.370. The van der Waals surface area contributed by atoms with Crippen LogP contribution in [0, 0.1) is 6.92 Å². The minimum Gasteiger partial charge on any atom is -0.382 e. The van der Waals surface area contributed by atoms with Crippen molar-refractivity contribution in [2.75, 3.05) is 5.32 Å². The lowest BCUT2D eigenvalue weighted by Crippen LogP contribution is -2.18. The van der Waals surface area contributed by atoms with Gasteiger partial charge in [0.2, 0.25) is 0 Å². The van der Waals surface area contributed by atoms with Crippen LogP contribution < -0.4 is 5.32 Å². The molecule has 2 heteroatoms. The average molecular weight is 342 g/mol. The summed E-state index contributed by atoms with van der Waals surface area (Å²) in [6.07, 6.45) is 11.3. The quantitative estimate of drug-likeness (QED) is 0.689. The van der Waals surface area contributed by atoms with E-state index in [-0.39, 0.29) is 0 Å². The zero-order valence-corrected chi connectivity index (χ0v) is 15.7. The van der Waals surface area contributed by atoms with E-state index in [1.807, 2.05) is 19.1 Å². The molecule has 0 saturated heterocycles. The van der Waals surface area contributed by atoms with Crippen LogP contribution in [0.5, 0.6) is 0 Å². The van der Waals surface area contributed by atoms with Gasteiger partial charge in [-0.25, -0.2) is 4.99 Å². The number of hydrogen-bond donors (Lipinski definition) is 1. The van der Waals surface area contributed by atoms with E-state index in [1.165, 1.54) is 11.1 Å². The molecule has 0 bridgehead atoms. The van der Waals surface area contributed by atoms with Gasteiger partial charge < -0.3 is 5.32 Å². The molecule has 1 unspecified atom stereocenters. The minimum atomic E-state index is 0.370. The molecule has 0 saturated carbocycles. The highest BCUT2D eigenvalue weighted by Gasteiger charge is 2.07. The Morgan fingerprint density at radius 3 is 2.54 bits per heavy atom. The first-order chi connectivity index (χ1) is 12.7. The van der Waals surface area contributed by atoms with Gasteiger partial charge in [-0.3, -0.25) is 0 Å². The van der Waals surface area contributed by atoms with Gasteiger partial charge in [-0.1, -0.05) is 54.6 Å². The van der Waals surface area contributed by atoms with Crippen molar-refractivity contribution in [2.45, 2.75) is 33.2 Å². The van der Waals surface area contributed by atoms with Crippen LogP contribution in [0.15, 0.2) is 89.5 Å². The summed E-state index contributed by atoms with van der Waals surface area (Å²) in [6, 6.07) is 17.4. The van der Waals surface area contributed by atoms with E-state index in [4.69, 9.17) is 4.99 Å². The molecule has 1 aliphatic carbocycles. The molecular formula is C24H26N2. The summed E-state index contributed by atoms with van der Waals surface area (Å²) in [6.45, 7) is 6.38. The van der Waals surface area contributed by atoms with Crippen LogP contribution in [-0.2, 0) is 6.42 Å². The molecule has 0 fully saturated rings. The van der Waals surface area contributed by atoms with Crippen LogP contribution in [0.1, 0.15) is 25.0 Å². The average Bonchev–Trinajstić information content (AvgIpc) is 2.65. The Kier molecular flexibility index (Phi) is 5.85. The van der Waals surface area contributed by atoms with E-state index in [0.717, 1.165) is 29.1 Å². The molecule has 0 spiro atoms. The van der Waals surface area contributed by atoms with Gasteiger partial charge in [-0.15, -0.1) is 0 Å². The highest BCUT2D eigenvalue weighted by Crippen LogP contribution is 2.25. The number of aliphatic imine (C=N–C) groups is 1. The molecule has 1 atom stereocenters. The molecule has 2 nitrogen and oxygen atoms in total. The number of nitrogens with one attached hydrogen (secondary N) is 1. The Morgan fingerprint density at radius 2 is 1.81 bits per heavy atom. The lowest BCUT2D eigenvalue weighted by atomic mass is 10.0. The Morgan fingerprint density at radius 1 is 1.04 bits per heavy atom.